The summed E-state index contributed by atoms with van der Waals surface area (Å²) < 4.78 is 2.09. The van der Waals surface area contributed by atoms with Gasteiger partial charge in [-0.2, -0.15) is 0 Å². The molecule has 1 amide bonds. The van der Waals surface area contributed by atoms with Gasteiger partial charge in [0.2, 0.25) is 5.91 Å². The van der Waals surface area contributed by atoms with Gasteiger partial charge in [-0.3, -0.25) is 4.79 Å². The van der Waals surface area contributed by atoms with Gasteiger partial charge in [-0.15, -0.1) is 0 Å². The molecule has 0 bridgehead atoms. The minimum Gasteiger partial charge on any atom is -0.346 e. The highest BCUT2D eigenvalue weighted by molar-refractivity contribution is 5.91. The van der Waals surface area contributed by atoms with Crippen molar-refractivity contribution in [3.8, 4) is 0 Å². The summed E-state index contributed by atoms with van der Waals surface area (Å²) in [5.74, 6) is 0.0130. The third-order valence-electron chi connectivity index (χ3n) is 4.13. The summed E-state index contributed by atoms with van der Waals surface area (Å²) in [4.78, 5) is 12.5. The quantitative estimate of drug-likeness (QED) is 0.725. The van der Waals surface area contributed by atoms with Gasteiger partial charge < -0.3 is 9.88 Å². The van der Waals surface area contributed by atoms with Gasteiger partial charge in [-0.25, -0.2) is 0 Å². The minimum absolute atomic E-state index is 0.00894. The van der Waals surface area contributed by atoms with E-state index < -0.39 is 0 Å². The molecule has 1 N–H and O–H groups in total. The lowest BCUT2D eigenvalue weighted by atomic mass is 10.0. The summed E-state index contributed by atoms with van der Waals surface area (Å²) in [5, 5.41) is 2.99. The molecule has 2 aromatic carbocycles. The van der Waals surface area contributed by atoms with Crippen molar-refractivity contribution < 1.29 is 4.79 Å². The van der Waals surface area contributed by atoms with E-state index in [1.54, 1.807) is 0 Å². The predicted octanol–water partition coefficient (Wildman–Crippen LogP) is 4.72. The summed E-state index contributed by atoms with van der Waals surface area (Å²) in [6.07, 6.45) is 4.41. The normalized spacial score (nSPS) is 11.9. The van der Waals surface area contributed by atoms with Crippen molar-refractivity contribution in [1.82, 2.24) is 4.57 Å². The second-order valence-electron chi connectivity index (χ2n) is 6.18. The number of benzene rings is 2. The topological polar surface area (TPSA) is 34.0 Å². The summed E-state index contributed by atoms with van der Waals surface area (Å²) in [7, 11) is 0. The molecule has 0 radical (unpaired) electrons. The highest BCUT2D eigenvalue weighted by atomic mass is 16.1. The van der Waals surface area contributed by atoms with E-state index in [1.165, 1.54) is 11.1 Å². The fourth-order valence-corrected chi connectivity index (χ4v) is 2.85. The molecule has 1 heterocycles. The first kappa shape index (κ1) is 16.1. The van der Waals surface area contributed by atoms with Crippen LogP contribution in [0, 0.1) is 13.8 Å². The molecule has 3 rings (SSSR count). The number of nitrogens with zero attached hydrogens (tertiary/aromatic N) is 1. The Labute approximate surface area is 143 Å². The van der Waals surface area contributed by atoms with Crippen LogP contribution in [-0.4, -0.2) is 10.5 Å². The number of aryl methyl sites for hydroxylation is 2. The number of nitrogens with one attached hydrogen (secondary N) is 1. The average molecular weight is 318 g/mol. The molecule has 3 heteroatoms. The molecule has 0 aliphatic carbocycles. The second kappa shape index (κ2) is 7.18. The van der Waals surface area contributed by atoms with Gasteiger partial charge in [0, 0.05) is 18.1 Å². The number of anilines is 1. The van der Waals surface area contributed by atoms with Gasteiger partial charge in [-0.1, -0.05) is 47.5 Å². The van der Waals surface area contributed by atoms with E-state index in [1.807, 2.05) is 61.8 Å². The van der Waals surface area contributed by atoms with Crippen molar-refractivity contribution in [3.63, 3.8) is 0 Å². The Bertz CT molecular complexity index is 804. The van der Waals surface area contributed by atoms with Crippen LogP contribution in [0.25, 0.3) is 0 Å². The zero-order valence-electron chi connectivity index (χ0n) is 14.1. The van der Waals surface area contributed by atoms with Crippen molar-refractivity contribution in [2.75, 3.05) is 5.32 Å². The summed E-state index contributed by atoms with van der Waals surface area (Å²) >= 11 is 0. The molecular formula is C21H22N2O. The first-order valence-corrected chi connectivity index (χ1v) is 8.17. The Kier molecular flexibility index (Phi) is 4.80. The molecule has 0 unspecified atom stereocenters. The lowest BCUT2D eigenvalue weighted by Gasteiger charge is -2.20. The predicted molar refractivity (Wildman–Crippen MR) is 98.2 cm³/mol. The standard InChI is InChI=1S/C21H22N2O/c1-16-8-10-19(11-9-16)22-21(24)15-20(23-12-3-4-13-23)18-7-5-6-17(2)14-18/h3-14,20H,15H2,1-2H3,(H,22,24)/t20-/m0/s1. The van der Waals surface area contributed by atoms with E-state index in [-0.39, 0.29) is 11.9 Å². The van der Waals surface area contributed by atoms with E-state index in [4.69, 9.17) is 0 Å². The van der Waals surface area contributed by atoms with Crippen molar-refractivity contribution in [1.29, 1.82) is 0 Å². The maximum absolute atomic E-state index is 12.5. The van der Waals surface area contributed by atoms with Gasteiger partial charge in [0.1, 0.15) is 0 Å². The summed E-state index contributed by atoms with van der Waals surface area (Å²) in [5.41, 5.74) is 4.35. The van der Waals surface area contributed by atoms with Crippen LogP contribution in [-0.2, 0) is 4.79 Å². The number of amides is 1. The molecule has 1 atom stereocenters. The third-order valence-corrected chi connectivity index (χ3v) is 4.13. The first-order chi connectivity index (χ1) is 11.6. The third kappa shape index (κ3) is 3.93. The Morgan fingerprint density at radius 3 is 2.33 bits per heavy atom. The molecule has 0 aliphatic rings. The molecular weight excluding hydrogens is 296 g/mol. The van der Waals surface area contributed by atoms with E-state index in [2.05, 4.69) is 35.0 Å². The molecule has 0 spiro atoms. The molecule has 1 aromatic heterocycles. The maximum Gasteiger partial charge on any atom is 0.226 e. The largest absolute Gasteiger partial charge is 0.346 e. The van der Waals surface area contributed by atoms with Crippen molar-refractivity contribution in [2.24, 2.45) is 0 Å². The summed E-state index contributed by atoms with van der Waals surface area (Å²) in [6.45, 7) is 4.11. The van der Waals surface area contributed by atoms with Crippen molar-refractivity contribution >= 4 is 11.6 Å². The number of carbonyl (C=O) groups excluding carboxylic acids is 1. The number of hydrogen-bond acceptors (Lipinski definition) is 1. The molecule has 3 aromatic rings. The smallest absolute Gasteiger partial charge is 0.226 e. The van der Waals surface area contributed by atoms with Gasteiger partial charge >= 0.3 is 0 Å². The van der Waals surface area contributed by atoms with Crippen LogP contribution in [0.15, 0.2) is 73.1 Å². The second-order valence-corrected chi connectivity index (χ2v) is 6.18. The van der Waals surface area contributed by atoms with E-state index in [0.717, 1.165) is 11.3 Å². The SMILES string of the molecule is Cc1ccc(NC(=O)C[C@@H](c2cccc(C)c2)n2cccc2)cc1. The van der Waals surface area contributed by atoms with Crippen LogP contribution in [0.5, 0.6) is 0 Å². The van der Waals surface area contributed by atoms with Gasteiger partial charge in [-0.05, 0) is 43.7 Å². The fraction of sp³-hybridized carbons (Fsp3) is 0.190. The van der Waals surface area contributed by atoms with Gasteiger partial charge in [0.05, 0.1) is 12.5 Å². The van der Waals surface area contributed by atoms with Crippen molar-refractivity contribution in [3.05, 3.63) is 89.7 Å². The fourth-order valence-electron chi connectivity index (χ4n) is 2.85. The summed E-state index contributed by atoms with van der Waals surface area (Å²) in [6, 6.07) is 20.2. The van der Waals surface area contributed by atoms with E-state index in [0.29, 0.717) is 6.42 Å². The van der Waals surface area contributed by atoms with Crippen LogP contribution in [0.1, 0.15) is 29.2 Å². The first-order valence-electron chi connectivity index (χ1n) is 8.17. The van der Waals surface area contributed by atoms with E-state index in [9.17, 15) is 4.79 Å². The van der Waals surface area contributed by atoms with Gasteiger partial charge in [0.25, 0.3) is 0 Å². The number of aromatic nitrogens is 1. The molecule has 24 heavy (non-hydrogen) atoms. The molecule has 0 saturated carbocycles. The lowest BCUT2D eigenvalue weighted by Crippen LogP contribution is -2.19. The Morgan fingerprint density at radius 2 is 1.67 bits per heavy atom. The lowest BCUT2D eigenvalue weighted by molar-refractivity contribution is -0.116. The van der Waals surface area contributed by atoms with Crippen LogP contribution in [0.4, 0.5) is 5.69 Å². The molecule has 122 valence electrons. The number of rotatable bonds is 5. The number of carbonyl (C=O) groups is 1. The monoisotopic (exact) mass is 318 g/mol. The average Bonchev–Trinajstić information content (AvgIpc) is 3.09. The number of hydrogen-bond donors (Lipinski definition) is 1. The highest BCUT2D eigenvalue weighted by Gasteiger charge is 2.17. The Balaban J connectivity index is 1.79. The highest BCUT2D eigenvalue weighted by Crippen LogP contribution is 2.24. The van der Waals surface area contributed by atoms with Gasteiger partial charge in [0.15, 0.2) is 0 Å². The molecule has 3 nitrogen and oxygen atoms in total. The van der Waals surface area contributed by atoms with E-state index >= 15 is 0 Å². The molecule has 0 aliphatic heterocycles. The van der Waals surface area contributed by atoms with Crippen LogP contribution >= 0.6 is 0 Å². The van der Waals surface area contributed by atoms with Crippen LogP contribution < -0.4 is 5.32 Å². The maximum atomic E-state index is 12.5. The van der Waals surface area contributed by atoms with Crippen LogP contribution in [0.3, 0.4) is 0 Å². The minimum atomic E-state index is -0.00894. The Hall–Kier alpha value is -2.81. The molecule has 0 saturated heterocycles. The zero-order chi connectivity index (χ0) is 16.9. The van der Waals surface area contributed by atoms with Crippen molar-refractivity contribution in [2.45, 2.75) is 26.3 Å². The van der Waals surface area contributed by atoms with Crippen LogP contribution in [0.2, 0.25) is 0 Å². The Morgan fingerprint density at radius 1 is 0.958 bits per heavy atom. The molecule has 0 fully saturated rings. The zero-order valence-corrected chi connectivity index (χ0v) is 14.1.